The first-order chi connectivity index (χ1) is 19.9. The van der Waals surface area contributed by atoms with Crippen LogP contribution in [0.3, 0.4) is 0 Å². The summed E-state index contributed by atoms with van der Waals surface area (Å²) in [6, 6.07) is 22.0. The lowest BCUT2D eigenvalue weighted by Crippen LogP contribution is -2.33. The molecule has 5 rings (SSSR count). The molecule has 8 heteroatoms. The zero-order valence-electron chi connectivity index (χ0n) is 23.4. The maximum Gasteiger partial charge on any atom is 0.312 e. The van der Waals surface area contributed by atoms with E-state index in [2.05, 4.69) is 0 Å². The number of aryl methyl sites for hydroxylation is 2. The normalized spacial score (nSPS) is 14.2. The molecule has 0 amide bonds. The fraction of sp³-hybridized carbons (Fsp3) is 0.273. The van der Waals surface area contributed by atoms with Crippen molar-refractivity contribution in [2.45, 2.75) is 38.6 Å². The van der Waals surface area contributed by atoms with Crippen LogP contribution >= 0.6 is 0 Å². The number of hydrogen-bond donors (Lipinski definition) is 1. The summed E-state index contributed by atoms with van der Waals surface area (Å²) in [4.78, 5) is 26.7. The van der Waals surface area contributed by atoms with E-state index in [1.165, 1.54) is 0 Å². The van der Waals surface area contributed by atoms with Crippen molar-refractivity contribution in [3.8, 4) is 28.7 Å². The lowest BCUT2D eigenvalue weighted by Gasteiger charge is -2.28. The third-order valence-electron chi connectivity index (χ3n) is 7.41. The number of benzene rings is 3. The molecule has 1 aliphatic heterocycles. The Morgan fingerprint density at radius 2 is 1.63 bits per heavy atom. The van der Waals surface area contributed by atoms with Crippen molar-refractivity contribution in [3.63, 3.8) is 0 Å². The first-order valence-electron chi connectivity index (χ1n) is 13.5. The highest BCUT2D eigenvalue weighted by Gasteiger charge is 2.35. The number of para-hydroxylation sites is 1. The molecular weight excluding hydrogens is 522 g/mol. The summed E-state index contributed by atoms with van der Waals surface area (Å²) in [5.41, 5.74) is 3.69. The molecule has 8 nitrogen and oxygen atoms in total. The Hall–Kier alpha value is -4.72. The van der Waals surface area contributed by atoms with Gasteiger partial charge in [0.2, 0.25) is 0 Å². The molecule has 0 aliphatic carbocycles. The summed E-state index contributed by atoms with van der Waals surface area (Å²) in [6.07, 6.45) is 1.25. The molecule has 1 aliphatic rings. The van der Waals surface area contributed by atoms with E-state index in [0.29, 0.717) is 54.3 Å². The Labute approximate surface area is 238 Å². The van der Waals surface area contributed by atoms with Gasteiger partial charge in [0.1, 0.15) is 17.2 Å². The van der Waals surface area contributed by atoms with E-state index in [0.717, 1.165) is 16.9 Å². The number of aromatic nitrogens is 1. The monoisotopic (exact) mass is 555 g/mol. The Bertz CT molecular complexity index is 1590. The van der Waals surface area contributed by atoms with Gasteiger partial charge in [-0.3, -0.25) is 9.59 Å². The van der Waals surface area contributed by atoms with Crippen LogP contribution in [0, 0.1) is 6.92 Å². The lowest BCUT2D eigenvalue weighted by atomic mass is 9.86. The van der Waals surface area contributed by atoms with Gasteiger partial charge in [-0.2, -0.15) is 0 Å². The smallest absolute Gasteiger partial charge is 0.312 e. The van der Waals surface area contributed by atoms with Gasteiger partial charge in [-0.1, -0.05) is 36.4 Å². The number of pyridine rings is 1. The molecule has 1 atom stereocenters. The van der Waals surface area contributed by atoms with Crippen LogP contribution in [0.1, 0.15) is 40.3 Å². The number of fused-ring (bicyclic) bond motifs is 1. The first-order valence-corrected chi connectivity index (χ1v) is 13.5. The van der Waals surface area contributed by atoms with Gasteiger partial charge in [0.05, 0.1) is 32.8 Å². The predicted octanol–water partition coefficient (Wildman–Crippen LogP) is 5.18. The van der Waals surface area contributed by atoms with Crippen molar-refractivity contribution < 1.29 is 28.8 Å². The lowest BCUT2D eigenvalue weighted by molar-refractivity contribution is -0.135. The minimum atomic E-state index is -0.564. The molecule has 2 heterocycles. The SMILES string of the molecule is COc1ccc(CCOc2c(OC)cccc2[C@H]2CC(=O)Oc3cc(C)n(CCc4ccc(O)cc4)c(=O)c32)cc1. The van der Waals surface area contributed by atoms with Crippen LogP contribution in [0.2, 0.25) is 0 Å². The number of aromatic hydroxyl groups is 1. The van der Waals surface area contributed by atoms with E-state index in [4.69, 9.17) is 18.9 Å². The van der Waals surface area contributed by atoms with Crippen LogP contribution in [0.5, 0.6) is 28.7 Å². The van der Waals surface area contributed by atoms with Gasteiger partial charge >= 0.3 is 5.97 Å². The minimum absolute atomic E-state index is 0.00523. The molecule has 0 unspecified atom stereocenters. The standard InChI is InChI=1S/C33H33NO7/c1-21-19-29-31(33(37)34(21)17-15-22-7-11-24(35)12-8-22)27(20-30(36)41-29)26-5-4-6-28(39-3)32(26)40-18-16-23-9-13-25(38-2)14-10-23/h4-14,19,27,35H,15-18,20H2,1-3H3/t27-/m1/s1. The van der Waals surface area contributed by atoms with Gasteiger partial charge in [0.25, 0.3) is 5.56 Å². The molecule has 1 N–H and O–H groups in total. The third-order valence-corrected chi connectivity index (χ3v) is 7.41. The highest BCUT2D eigenvalue weighted by molar-refractivity contribution is 5.78. The van der Waals surface area contributed by atoms with Gasteiger partial charge < -0.3 is 28.6 Å². The minimum Gasteiger partial charge on any atom is -0.508 e. The van der Waals surface area contributed by atoms with Gasteiger partial charge in [-0.05, 0) is 54.8 Å². The quantitative estimate of drug-likeness (QED) is 0.269. The number of phenols is 1. The number of rotatable bonds is 10. The Morgan fingerprint density at radius 1 is 0.927 bits per heavy atom. The molecule has 0 saturated carbocycles. The Balaban J connectivity index is 1.47. The van der Waals surface area contributed by atoms with Crippen molar-refractivity contribution in [2.24, 2.45) is 0 Å². The van der Waals surface area contributed by atoms with Gasteiger partial charge in [0, 0.05) is 36.2 Å². The van der Waals surface area contributed by atoms with E-state index in [9.17, 15) is 14.7 Å². The van der Waals surface area contributed by atoms with Crippen molar-refractivity contribution in [3.05, 3.63) is 111 Å². The topological polar surface area (TPSA) is 96.2 Å². The van der Waals surface area contributed by atoms with Crippen LogP contribution in [0.25, 0.3) is 0 Å². The van der Waals surface area contributed by atoms with Crippen LogP contribution in [-0.2, 0) is 24.2 Å². The summed E-state index contributed by atoms with van der Waals surface area (Å²) in [5, 5.41) is 9.59. The van der Waals surface area contributed by atoms with Crippen LogP contribution in [0.4, 0.5) is 0 Å². The average molecular weight is 556 g/mol. The molecule has 4 aromatic rings. The Morgan fingerprint density at radius 3 is 2.34 bits per heavy atom. The van der Waals surface area contributed by atoms with Crippen LogP contribution < -0.4 is 24.5 Å². The number of ether oxygens (including phenoxy) is 4. The third kappa shape index (κ3) is 6.06. The van der Waals surface area contributed by atoms with E-state index >= 15 is 0 Å². The van der Waals surface area contributed by atoms with Gasteiger partial charge in [-0.25, -0.2) is 0 Å². The van der Waals surface area contributed by atoms with E-state index in [-0.39, 0.29) is 23.5 Å². The van der Waals surface area contributed by atoms with Crippen molar-refractivity contribution in [1.29, 1.82) is 0 Å². The second kappa shape index (κ2) is 12.2. The van der Waals surface area contributed by atoms with E-state index in [1.54, 1.807) is 43.1 Å². The molecule has 0 bridgehead atoms. The highest BCUT2D eigenvalue weighted by atomic mass is 16.5. The largest absolute Gasteiger partial charge is 0.508 e. The number of methoxy groups -OCH3 is 2. The second-order valence-electron chi connectivity index (χ2n) is 9.99. The van der Waals surface area contributed by atoms with E-state index < -0.39 is 11.9 Å². The molecule has 0 fully saturated rings. The maximum atomic E-state index is 14.0. The Kier molecular flexibility index (Phi) is 8.29. The molecule has 1 aromatic heterocycles. The predicted molar refractivity (Wildman–Crippen MR) is 155 cm³/mol. The zero-order chi connectivity index (χ0) is 28.9. The first kappa shape index (κ1) is 27.8. The summed E-state index contributed by atoms with van der Waals surface area (Å²) in [7, 11) is 3.20. The number of carbonyl (C=O) groups is 1. The van der Waals surface area contributed by atoms with Crippen LogP contribution in [-0.4, -0.2) is 36.5 Å². The van der Waals surface area contributed by atoms with Crippen molar-refractivity contribution in [1.82, 2.24) is 4.57 Å². The molecule has 212 valence electrons. The number of hydrogen-bond acceptors (Lipinski definition) is 7. The molecule has 3 aromatic carbocycles. The number of carbonyl (C=O) groups excluding carboxylic acids is 1. The average Bonchev–Trinajstić information content (AvgIpc) is 2.97. The van der Waals surface area contributed by atoms with Crippen LogP contribution in [0.15, 0.2) is 77.6 Å². The second-order valence-corrected chi connectivity index (χ2v) is 9.99. The van der Waals surface area contributed by atoms with Crippen molar-refractivity contribution in [2.75, 3.05) is 20.8 Å². The highest BCUT2D eigenvalue weighted by Crippen LogP contribution is 2.44. The number of nitrogens with zero attached hydrogens (tertiary/aromatic N) is 1. The summed E-state index contributed by atoms with van der Waals surface area (Å²) in [6.45, 7) is 2.64. The maximum absolute atomic E-state index is 14.0. The van der Waals surface area contributed by atoms with Gasteiger partial charge in [-0.15, -0.1) is 0 Å². The molecule has 0 saturated heterocycles. The summed E-state index contributed by atoms with van der Waals surface area (Å²) in [5.74, 6) is 1.32. The molecule has 41 heavy (non-hydrogen) atoms. The fourth-order valence-corrected chi connectivity index (χ4v) is 5.23. The molecule has 0 spiro atoms. The number of phenolic OH excluding ortho intramolecular Hbond substituents is 1. The molecular formula is C33H33NO7. The van der Waals surface area contributed by atoms with Gasteiger partial charge in [0.15, 0.2) is 11.5 Å². The zero-order valence-corrected chi connectivity index (χ0v) is 23.4. The van der Waals surface area contributed by atoms with E-state index in [1.807, 2.05) is 55.5 Å². The number of esters is 1. The molecule has 0 radical (unpaired) electrons. The summed E-state index contributed by atoms with van der Waals surface area (Å²) < 4.78 is 24.4. The van der Waals surface area contributed by atoms with Crippen molar-refractivity contribution >= 4 is 5.97 Å². The fourth-order valence-electron chi connectivity index (χ4n) is 5.23. The summed E-state index contributed by atoms with van der Waals surface area (Å²) >= 11 is 0.